The second-order valence-electron chi connectivity index (χ2n) is 4.59. The molecule has 2 aromatic rings. The summed E-state index contributed by atoms with van der Waals surface area (Å²) in [6, 6.07) is 8.68. The quantitative estimate of drug-likeness (QED) is 0.842. The van der Waals surface area contributed by atoms with Crippen molar-refractivity contribution in [3.05, 3.63) is 51.5 Å². The fourth-order valence-electron chi connectivity index (χ4n) is 1.91. The van der Waals surface area contributed by atoms with E-state index in [1.165, 1.54) is 0 Å². The molecule has 0 saturated carbocycles. The van der Waals surface area contributed by atoms with Gasteiger partial charge in [-0.25, -0.2) is 0 Å². The van der Waals surface area contributed by atoms with Crippen LogP contribution < -0.4 is 16.2 Å². The number of halogens is 1. The van der Waals surface area contributed by atoms with Crippen molar-refractivity contribution in [3.63, 3.8) is 0 Å². The Morgan fingerprint density at radius 1 is 1.10 bits per heavy atom. The molecule has 4 nitrogen and oxygen atoms in total. The van der Waals surface area contributed by atoms with Crippen molar-refractivity contribution in [1.82, 2.24) is 0 Å². The lowest BCUT2D eigenvalue weighted by molar-refractivity contribution is 0.100. The molecule has 0 aromatic heterocycles. The van der Waals surface area contributed by atoms with Gasteiger partial charge in [0, 0.05) is 10.2 Å². The minimum absolute atomic E-state index is 0.257. The summed E-state index contributed by atoms with van der Waals surface area (Å²) >= 11 is 3.51. The van der Waals surface area contributed by atoms with E-state index in [2.05, 4.69) is 15.9 Å². The topological polar surface area (TPSA) is 78.3 Å². The summed E-state index contributed by atoms with van der Waals surface area (Å²) in [5.74, 6) is 0.647. The van der Waals surface area contributed by atoms with Gasteiger partial charge in [0.2, 0.25) is 0 Å². The van der Waals surface area contributed by atoms with Crippen molar-refractivity contribution in [1.29, 1.82) is 0 Å². The first kappa shape index (κ1) is 14.4. The van der Waals surface area contributed by atoms with Gasteiger partial charge in [-0.1, -0.05) is 15.9 Å². The Morgan fingerprint density at radius 3 is 2.25 bits per heavy atom. The maximum absolute atomic E-state index is 11.3. The highest BCUT2D eigenvalue weighted by atomic mass is 79.9. The smallest absolute Gasteiger partial charge is 0.250 e. The molecule has 2 rings (SSSR count). The highest BCUT2D eigenvalue weighted by molar-refractivity contribution is 9.10. The van der Waals surface area contributed by atoms with Gasteiger partial charge in [-0.2, -0.15) is 0 Å². The molecular weight excluding hydrogens is 320 g/mol. The normalized spacial score (nSPS) is 10.3. The van der Waals surface area contributed by atoms with Crippen LogP contribution in [0.15, 0.2) is 34.8 Å². The number of primary amides is 1. The Labute approximate surface area is 125 Å². The number of carbonyl (C=O) groups excluding carboxylic acids is 1. The SMILES string of the molecule is Cc1cc(Oc2ccc(N)c(C(N)=O)c2)cc(C)c1Br. The van der Waals surface area contributed by atoms with Crippen LogP contribution >= 0.6 is 15.9 Å². The molecule has 0 aliphatic heterocycles. The van der Waals surface area contributed by atoms with E-state index in [1.807, 2.05) is 26.0 Å². The third kappa shape index (κ3) is 2.93. The van der Waals surface area contributed by atoms with E-state index in [9.17, 15) is 4.79 Å². The third-order valence-electron chi connectivity index (χ3n) is 2.94. The van der Waals surface area contributed by atoms with E-state index in [-0.39, 0.29) is 5.56 Å². The lowest BCUT2D eigenvalue weighted by Crippen LogP contribution is -2.13. The van der Waals surface area contributed by atoms with E-state index in [1.54, 1.807) is 18.2 Å². The van der Waals surface area contributed by atoms with Crippen LogP contribution in [0.5, 0.6) is 11.5 Å². The van der Waals surface area contributed by atoms with Crippen molar-refractivity contribution in [2.45, 2.75) is 13.8 Å². The number of benzene rings is 2. The predicted octanol–water partition coefficient (Wildman–Crippen LogP) is 3.54. The molecule has 0 bridgehead atoms. The molecule has 0 atom stereocenters. The number of nitrogen functional groups attached to an aromatic ring is 1. The number of aryl methyl sites for hydroxylation is 2. The van der Waals surface area contributed by atoms with E-state index in [0.717, 1.165) is 15.6 Å². The van der Waals surface area contributed by atoms with Gasteiger partial charge in [0.15, 0.2) is 0 Å². The molecule has 4 N–H and O–H groups in total. The highest BCUT2D eigenvalue weighted by Gasteiger charge is 2.09. The van der Waals surface area contributed by atoms with Gasteiger partial charge in [-0.05, 0) is 55.3 Å². The summed E-state index contributed by atoms with van der Waals surface area (Å²) in [6.45, 7) is 3.98. The van der Waals surface area contributed by atoms with E-state index < -0.39 is 5.91 Å². The van der Waals surface area contributed by atoms with Gasteiger partial charge in [0.25, 0.3) is 5.91 Å². The van der Waals surface area contributed by atoms with E-state index >= 15 is 0 Å². The number of rotatable bonds is 3. The fourth-order valence-corrected chi connectivity index (χ4v) is 2.14. The Bertz CT molecular complexity index is 661. The molecule has 20 heavy (non-hydrogen) atoms. The highest BCUT2D eigenvalue weighted by Crippen LogP contribution is 2.30. The molecule has 0 aliphatic carbocycles. The van der Waals surface area contributed by atoms with Gasteiger partial charge < -0.3 is 16.2 Å². The number of ether oxygens (including phenoxy) is 1. The lowest BCUT2D eigenvalue weighted by atomic mass is 10.1. The van der Waals surface area contributed by atoms with Crippen LogP contribution in [-0.2, 0) is 0 Å². The molecule has 5 heteroatoms. The van der Waals surface area contributed by atoms with Crippen LogP contribution in [0.25, 0.3) is 0 Å². The van der Waals surface area contributed by atoms with E-state index in [0.29, 0.717) is 17.2 Å². The predicted molar refractivity (Wildman–Crippen MR) is 83.1 cm³/mol. The Balaban J connectivity index is 2.35. The Morgan fingerprint density at radius 2 is 1.70 bits per heavy atom. The molecule has 2 aromatic carbocycles. The van der Waals surface area contributed by atoms with Crippen molar-refractivity contribution in [2.75, 3.05) is 5.73 Å². The number of hydrogen-bond donors (Lipinski definition) is 2. The summed E-state index contributed by atoms with van der Waals surface area (Å²) in [4.78, 5) is 11.3. The van der Waals surface area contributed by atoms with Crippen LogP contribution in [0.2, 0.25) is 0 Å². The molecule has 0 spiro atoms. The van der Waals surface area contributed by atoms with Crippen molar-refractivity contribution < 1.29 is 9.53 Å². The summed E-state index contributed by atoms with van der Waals surface area (Å²) < 4.78 is 6.81. The van der Waals surface area contributed by atoms with Crippen LogP contribution in [0.4, 0.5) is 5.69 Å². The number of carbonyl (C=O) groups is 1. The molecule has 0 fully saturated rings. The number of amides is 1. The van der Waals surface area contributed by atoms with Crippen molar-refractivity contribution in [3.8, 4) is 11.5 Å². The number of nitrogens with two attached hydrogens (primary N) is 2. The van der Waals surface area contributed by atoms with Crippen LogP contribution in [0, 0.1) is 13.8 Å². The fraction of sp³-hybridized carbons (Fsp3) is 0.133. The van der Waals surface area contributed by atoms with Gasteiger partial charge >= 0.3 is 0 Å². The second-order valence-corrected chi connectivity index (χ2v) is 5.38. The number of anilines is 1. The zero-order valence-corrected chi connectivity index (χ0v) is 12.8. The Hall–Kier alpha value is -2.01. The summed E-state index contributed by atoms with van der Waals surface area (Å²) in [5, 5.41) is 0. The average Bonchev–Trinajstić information content (AvgIpc) is 2.38. The lowest BCUT2D eigenvalue weighted by Gasteiger charge is -2.11. The second kappa shape index (κ2) is 5.54. The summed E-state index contributed by atoms with van der Waals surface area (Å²) in [6.07, 6.45) is 0. The number of hydrogen-bond acceptors (Lipinski definition) is 3. The summed E-state index contributed by atoms with van der Waals surface area (Å²) in [5.41, 5.74) is 13.7. The molecule has 0 saturated heterocycles. The average molecular weight is 335 g/mol. The van der Waals surface area contributed by atoms with Gasteiger partial charge in [-0.15, -0.1) is 0 Å². The van der Waals surface area contributed by atoms with Crippen LogP contribution in [-0.4, -0.2) is 5.91 Å². The first-order valence-corrected chi connectivity index (χ1v) is 6.81. The molecule has 0 heterocycles. The minimum Gasteiger partial charge on any atom is -0.457 e. The molecule has 0 radical (unpaired) electrons. The van der Waals surface area contributed by atoms with Gasteiger partial charge in [0.05, 0.1) is 5.56 Å². The minimum atomic E-state index is -0.573. The Kier molecular flexibility index (Phi) is 3.99. The van der Waals surface area contributed by atoms with Gasteiger partial charge in [-0.3, -0.25) is 4.79 Å². The first-order chi connectivity index (χ1) is 9.38. The van der Waals surface area contributed by atoms with Crippen molar-refractivity contribution in [2.24, 2.45) is 5.73 Å². The molecular formula is C15H15BrN2O2. The molecule has 104 valence electrons. The van der Waals surface area contributed by atoms with Crippen LogP contribution in [0.3, 0.4) is 0 Å². The molecule has 0 unspecified atom stereocenters. The maximum atomic E-state index is 11.3. The van der Waals surface area contributed by atoms with Crippen molar-refractivity contribution >= 4 is 27.5 Å². The molecule has 0 aliphatic rings. The van der Waals surface area contributed by atoms with E-state index in [4.69, 9.17) is 16.2 Å². The van der Waals surface area contributed by atoms with Crippen LogP contribution in [0.1, 0.15) is 21.5 Å². The monoisotopic (exact) mass is 334 g/mol. The largest absolute Gasteiger partial charge is 0.457 e. The standard InChI is InChI=1S/C15H15BrN2O2/c1-8-5-11(6-9(2)14(8)16)20-10-3-4-13(17)12(7-10)15(18)19/h3-7H,17H2,1-2H3,(H2,18,19). The first-order valence-electron chi connectivity index (χ1n) is 6.02. The third-order valence-corrected chi connectivity index (χ3v) is 4.19. The zero-order chi connectivity index (χ0) is 14.9. The molecule has 1 amide bonds. The maximum Gasteiger partial charge on any atom is 0.250 e. The zero-order valence-electron chi connectivity index (χ0n) is 11.2. The summed E-state index contributed by atoms with van der Waals surface area (Å²) in [7, 11) is 0. The van der Waals surface area contributed by atoms with Gasteiger partial charge in [0.1, 0.15) is 11.5 Å².